The molecular weight excluding hydrogens is 401 g/mol. The van der Waals surface area contributed by atoms with Gasteiger partial charge in [-0.3, -0.25) is 9.59 Å². The van der Waals surface area contributed by atoms with Crippen LogP contribution in [-0.2, 0) is 14.3 Å². The van der Waals surface area contributed by atoms with Crippen molar-refractivity contribution < 1.29 is 28.6 Å². The Morgan fingerprint density at radius 1 is 1.16 bits per heavy atom. The van der Waals surface area contributed by atoms with Crippen molar-refractivity contribution in [2.24, 2.45) is 0 Å². The van der Waals surface area contributed by atoms with Gasteiger partial charge in [0.1, 0.15) is 17.3 Å². The summed E-state index contributed by atoms with van der Waals surface area (Å²) in [6.45, 7) is 4.89. The molecule has 1 aliphatic rings. The lowest BCUT2D eigenvalue weighted by Gasteiger charge is -2.25. The molecule has 0 bridgehead atoms. The molecule has 1 saturated heterocycles. The zero-order valence-electron chi connectivity index (χ0n) is 17.9. The Bertz CT molecular complexity index is 1000. The van der Waals surface area contributed by atoms with Crippen LogP contribution >= 0.6 is 0 Å². The number of rotatable bonds is 8. The summed E-state index contributed by atoms with van der Waals surface area (Å²) in [7, 11) is 1.56. The van der Waals surface area contributed by atoms with Crippen LogP contribution in [0.15, 0.2) is 48.0 Å². The van der Waals surface area contributed by atoms with Crippen LogP contribution < -0.4 is 4.74 Å². The van der Waals surface area contributed by atoms with Crippen molar-refractivity contribution in [1.29, 1.82) is 0 Å². The third kappa shape index (κ3) is 4.61. The summed E-state index contributed by atoms with van der Waals surface area (Å²) in [5.41, 5.74) is 1.72. The first-order valence-electron chi connectivity index (χ1n) is 10.2. The Morgan fingerprint density at radius 3 is 2.48 bits per heavy atom. The second kappa shape index (κ2) is 9.75. The largest absolute Gasteiger partial charge is 0.507 e. The second-order valence-electron chi connectivity index (χ2n) is 7.30. The summed E-state index contributed by atoms with van der Waals surface area (Å²) in [6, 6.07) is 9.84. The van der Waals surface area contributed by atoms with E-state index in [1.165, 1.54) is 29.2 Å². The lowest BCUT2D eigenvalue weighted by Crippen LogP contribution is -2.31. The number of benzene rings is 2. The number of likely N-dealkylation sites (tertiary alicyclic amines) is 1. The molecule has 2 aromatic carbocycles. The molecule has 1 atom stereocenters. The van der Waals surface area contributed by atoms with Crippen molar-refractivity contribution in [3.05, 3.63) is 70.5 Å². The van der Waals surface area contributed by atoms with Gasteiger partial charge >= 0.3 is 0 Å². The molecule has 3 rings (SSSR count). The molecule has 164 valence electrons. The van der Waals surface area contributed by atoms with Crippen LogP contribution in [0.3, 0.4) is 0 Å². The number of methoxy groups -OCH3 is 1. The first-order chi connectivity index (χ1) is 14.9. The molecule has 0 aliphatic carbocycles. The number of nitrogens with zero attached hydrogens (tertiary/aromatic N) is 1. The predicted molar refractivity (Wildman–Crippen MR) is 114 cm³/mol. The molecule has 1 unspecified atom stereocenters. The molecular formula is C24H26FNO5. The van der Waals surface area contributed by atoms with Gasteiger partial charge in [-0.15, -0.1) is 0 Å². The van der Waals surface area contributed by atoms with Crippen LogP contribution in [0, 0.1) is 12.7 Å². The molecule has 1 amide bonds. The normalized spacial score (nSPS) is 17.9. The predicted octanol–water partition coefficient (Wildman–Crippen LogP) is 3.99. The first-order valence-corrected chi connectivity index (χ1v) is 10.2. The molecule has 1 aliphatic heterocycles. The minimum absolute atomic E-state index is 0.0161. The molecule has 31 heavy (non-hydrogen) atoms. The van der Waals surface area contributed by atoms with E-state index in [0.29, 0.717) is 36.5 Å². The summed E-state index contributed by atoms with van der Waals surface area (Å²) in [4.78, 5) is 27.1. The fourth-order valence-corrected chi connectivity index (χ4v) is 3.75. The van der Waals surface area contributed by atoms with Crippen molar-refractivity contribution in [2.45, 2.75) is 26.3 Å². The number of halogens is 1. The van der Waals surface area contributed by atoms with Crippen molar-refractivity contribution in [3.63, 3.8) is 0 Å². The van der Waals surface area contributed by atoms with E-state index in [4.69, 9.17) is 9.47 Å². The third-order valence-electron chi connectivity index (χ3n) is 5.22. The Kier molecular flexibility index (Phi) is 7.07. The van der Waals surface area contributed by atoms with E-state index in [1.54, 1.807) is 25.3 Å². The van der Waals surface area contributed by atoms with Gasteiger partial charge in [-0.2, -0.15) is 0 Å². The molecule has 1 fully saturated rings. The van der Waals surface area contributed by atoms with Crippen LogP contribution in [0.2, 0.25) is 0 Å². The highest BCUT2D eigenvalue weighted by atomic mass is 19.1. The Balaban J connectivity index is 2.10. The van der Waals surface area contributed by atoms with Gasteiger partial charge in [0.2, 0.25) is 0 Å². The molecule has 7 heteroatoms. The fourth-order valence-electron chi connectivity index (χ4n) is 3.75. The van der Waals surface area contributed by atoms with E-state index in [-0.39, 0.29) is 17.9 Å². The highest BCUT2D eigenvalue weighted by Crippen LogP contribution is 2.40. The minimum atomic E-state index is -0.815. The van der Waals surface area contributed by atoms with Crippen molar-refractivity contribution >= 4 is 17.4 Å². The van der Waals surface area contributed by atoms with Gasteiger partial charge in [0, 0.05) is 25.8 Å². The number of aliphatic hydroxyl groups is 1. The van der Waals surface area contributed by atoms with Gasteiger partial charge in [-0.25, -0.2) is 4.39 Å². The van der Waals surface area contributed by atoms with Crippen molar-refractivity contribution in [2.75, 3.05) is 26.9 Å². The maximum absolute atomic E-state index is 13.5. The number of hydrogen-bond donors (Lipinski definition) is 1. The van der Waals surface area contributed by atoms with Gasteiger partial charge < -0.3 is 19.5 Å². The Labute approximate surface area is 180 Å². The topological polar surface area (TPSA) is 76.1 Å². The highest BCUT2D eigenvalue weighted by molar-refractivity contribution is 6.46. The number of amides is 1. The molecule has 6 nitrogen and oxygen atoms in total. The van der Waals surface area contributed by atoms with Gasteiger partial charge in [0.25, 0.3) is 11.7 Å². The first kappa shape index (κ1) is 22.5. The molecule has 1 heterocycles. The quantitative estimate of drug-likeness (QED) is 0.298. The number of aliphatic hydroxyl groups excluding tert-OH is 1. The number of Topliss-reactive ketones (excluding diaryl/α,β-unsaturated/α-hetero) is 1. The maximum Gasteiger partial charge on any atom is 0.295 e. The highest BCUT2D eigenvalue weighted by Gasteiger charge is 2.45. The lowest BCUT2D eigenvalue weighted by atomic mass is 9.94. The lowest BCUT2D eigenvalue weighted by molar-refractivity contribution is -0.140. The maximum atomic E-state index is 13.5. The number of carbonyl (C=O) groups is 2. The number of aryl methyl sites for hydroxylation is 1. The molecule has 0 saturated carbocycles. The standard InChI is InChI=1S/C24H26FNO5/c1-4-31-19-11-8-17(14-15(19)2)22(27)20-21(16-6-9-18(25)10-7-16)26(12-5-13-30-3)24(29)23(20)28/h6-11,14,21,27H,4-5,12-13H2,1-3H3/b22-20-. The third-order valence-corrected chi connectivity index (χ3v) is 5.22. The van der Waals surface area contributed by atoms with Gasteiger partial charge in [-0.1, -0.05) is 12.1 Å². The number of hydrogen-bond acceptors (Lipinski definition) is 5. The Morgan fingerprint density at radius 2 is 1.87 bits per heavy atom. The van der Waals surface area contributed by atoms with Crippen LogP contribution in [0.4, 0.5) is 4.39 Å². The van der Waals surface area contributed by atoms with E-state index < -0.39 is 23.5 Å². The van der Waals surface area contributed by atoms with E-state index in [0.717, 1.165) is 5.56 Å². The van der Waals surface area contributed by atoms with E-state index in [9.17, 15) is 19.1 Å². The van der Waals surface area contributed by atoms with E-state index >= 15 is 0 Å². The van der Waals surface area contributed by atoms with E-state index in [2.05, 4.69) is 0 Å². The number of ether oxygens (including phenoxy) is 2. The van der Waals surface area contributed by atoms with E-state index in [1.807, 2.05) is 13.8 Å². The zero-order valence-corrected chi connectivity index (χ0v) is 17.9. The minimum Gasteiger partial charge on any atom is -0.507 e. The van der Waals surface area contributed by atoms with Crippen LogP contribution in [-0.4, -0.2) is 48.6 Å². The van der Waals surface area contributed by atoms with Gasteiger partial charge in [0.05, 0.1) is 18.2 Å². The molecule has 1 N–H and O–H groups in total. The summed E-state index contributed by atoms with van der Waals surface area (Å²) in [5, 5.41) is 11.1. The van der Waals surface area contributed by atoms with Gasteiger partial charge in [-0.05, 0) is 61.7 Å². The Hall–Kier alpha value is -3.19. The molecule has 0 radical (unpaired) electrons. The van der Waals surface area contributed by atoms with Crippen LogP contribution in [0.5, 0.6) is 5.75 Å². The van der Waals surface area contributed by atoms with Crippen LogP contribution in [0.25, 0.3) is 5.76 Å². The number of carbonyl (C=O) groups excluding carboxylic acids is 2. The average molecular weight is 427 g/mol. The number of ketones is 1. The van der Waals surface area contributed by atoms with Crippen LogP contribution in [0.1, 0.15) is 36.1 Å². The zero-order chi connectivity index (χ0) is 22.5. The summed E-state index contributed by atoms with van der Waals surface area (Å²) >= 11 is 0. The van der Waals surface area contributed by atoms with Crippen molar-refractivity contribution in [1.82, 2.24) is 4.90 Å². The summed E-state index contributed by atoms with van der Waals surface area (Å²) in [5.74, 6) is -1.49. The average Bonchev–Trinajstić information content (AvgIpc) is 3.00. The molecule has 0 spiro atoms. The summed E-state index contributed by atoms with van der Waals surface area (Å²) in [6.07, 6.45) is 0.517. The molecule has 2 aromatic rings. The second-order valence-corrected chi connectivity index (χ2v) is 7.30. The van der Waals surface area contributed by atoms with Crippen molar-refractivity contribution in [3.8, 4) is 5.75 Å². The molecule has 0 aromatic heterocycles. The van der Waals surface area contributed by atoms with Gasteiger partial charge in [0.15, 0.2) is 0 Å². The SMILES string of the molecule is CCOc1ccc(/C(O)=C2/C(=O)C(=O)N(CCCOC)C2c2ccc(F)cc2)cc1C. The fraction of sp³-hybridized carbons (Fsp3) is 0.333. The monoisotopic (exact) mass is 427 g/mol. The smallest absolute Gasteiger partial charge is 0.295 e. The summed E-state index contributed by atoms with van der Waals surface area (Å²) < 4.78 is 24.1.